The van der Waals surface area contributed by atoms with Crippen molar-refractivity contribution in [3.05, 3.63) is 16.4 Å². The normalized spacial score (nSPS) is 13.1. The van der Waals surface area contributed by atoms with Crippen LogP contribution in [0.2, 0.25) is 5.02 Å². The van der Waals surface area contributed by atoms with E-state index in [-0.39, 0.29) is 6.04 Å². The lowest BCUT2D eigenvalue weighted by atomic mass is 10.1. The molecule has 0 aliphatic rings. The molecule has 1 unspecified atom stereocenters. The van der Waals surface area contributed by atoms with Gasteiger partial charge in [0, 0.05) is 26.6 Å². The second-order valence-corrected chi connectivity index (χ2v) is 4.26. The highest BCUT2D eigenvalue weighted by Crippen LogP contribution is 2.20. The number of nitrogens with zero attached hydrogens (tertiary/aromatic N) is 2. The Morgan fingerprint density at radius 1 is 1.56 bits per heavy atom. The van der Waals surface area contributed by atoms with Gasteiger partial charge >= 0.3 is 0 Å². The van der Waals surface area contributed by atoms with Crippen LogP contribution < -0.4 is 5.32 Å². The number of rotatable bonds is 6. The Kier molecular flexibility index (Phi) is 5.25. The number of halogens is 1. The molecule has 1 N–H and O–H groups in total. The van der Waals surface area contributed by atoms with Gasteiger partial charge in [0.2, 0.25) is 0 Å². The second-order valence-electron chi connectivity index (χ2n) is 3.88. The van der Waals surface area contributed by atoms with E-state index in [2.05, 4.69) is 17.3 Å². The van der Waals surface area contributed by atoms with Gasteiger partial charge in [0.1, 0.15) is 0 Å². The molecule has 0 bridgehead atoms. The summed E-state index contributed by atoms with van der Waals surface area (Å²) in [7, 11) is 3.63. The Morgan fingerprint density at radius 2 is 2.25 bits per heavy atom. The second kappa shape index (κ2) is 6.23. The molecule has 4 nitrogen and oxygen atoms in total. The zero-order valence-corrected chi connectivity index (χ0v) is 11.1. The van der Waals surface area contributed by atoms with Crippen LogP contribution in [0.1, 0.15) is 18.3 Å². The first-order chi connectivity index (χ1) is 7.60. The zero-order chi connectivity index (χ0) is 12.1. The predicted molar refractivity (Wildman–Crippen MR) is 66.0 cm³/mol. The maximum Gasteiger partial charge on any atom is 0.0847 e. The fourth-order valence-corrected chi connectivity index (χ4v) is 2.05. The number of methoxy groups -OCH3 is 1. The highest BCUT2D eigenvalue weighted by molar-refractivity contribution is 6.31. The molecule has 1 heterocycles. The molecule has 1 aromatic heterocycles. The van der Waals surface area contributed by atoms with E-state index in [1.54, 1.807) is 7.11 Å². The van der Waals surface area contributed by atoms with Crippen molar-refractivity contribution in [1.82, 2.24) is 15.1 Å². The number of aromatic nitrogens is 2. The third kappa shape index (κ3) is 3.20. The summed E-state index contributed by atoms with van der Waals surface area (Å²) in [5.74, 6) is 0. The van der Waals surface area contributed by atoms with Crippen LogP contribution in [0.3, 0.4) is 0 Å². The van der Waals surface area contributed by atoms with Gasteiger partial charge in [-0.2, -0.15) is 5.10 Å². The van der Waals surface area contributed by atoms with Crippen LogP contribution in [-0.2, 0) is 18.2 Å². The minimum Gasteiger partial charge on any atom is -0.383 e. The van der Waals surface area contributed by atoms with Crippen LogP contribution in [0.15, 0.2) is 0 Å². The summed E-state index contributed by atoms with van der Waals surface area (Å²) in [4.78, 5) is 0. The van der Waals surface area contributed by atoms with E-state index >= 15 is 0 Å². The van der Waals surface area contributed by atoms with Crippen LogP contribution in [-0.4, -0.2) is 36.1 Å². The molecule has 5 heteroatoms. The third-order valence-corrected chi connectivity index (χ3v) is 3.05. The molecule has 1 atom stereocenters. The first kappa shape index (κ1) is 13.5. The van der Waals surface area contributed by atoms with E-state index in [1.165, 1.54) is 0 Å². The fraction of sp³-hybridized carbons (Fsp3) is 0.727. The summed E-state index contributed by atoms with van der Waals surface area (Å²) in [6, 6.07) is 0.280. The van der Waals surface area contributed by atoms with Crippen LogP contribution in [0, 0.1) is 6.92 Å². The molecule has 0 aliphatic heterocycles. The Labute approximate surface area is 102 Å². The molecule has 0 amide bonds. The molecule has 0 saturated heterocycles. The minimum atomic E-state index is 0.280. The number of nitrogens with one attached hydrogen (secondary N) is 1. The third-order valence-electron chi connectivity index (χ3n) is 2.56. The maximum absolute atomic E-state index is 6.21. The molecule has 1 rings (SSSR count). The molecule has 0 spiro atoms. The topological polar surface area (TPSA) is 39.1 Å². The molecule has 92 valence electrons. The number of likely N-dealkylation sites (N-methyl/N-ethyl adjacent to an activating group) is 1. The Bertz CT molecular complexity index is 332. The van der Waals surface area contributed by atoms with Crippen molar-refractivity contribution in [3.8, 4) is 0 Å². The number of hydrogen-bond donors (Lipinski definition) is 1. The van der Waals surface area contributed by atoms with Gasteiger partial charge in [-0.05, 0) is 13.5 Å². The van der Waals surface area contributed by atoms with E-state index in [1.807, 2.05) is 18.7 Å². The van der Waals surface area contributed by atoms with E-state index < -0.39 is 0 Å². The largest absolute Gasteiger partial charge is 0.383 e. The molecule has 16 heavy (non-hydrogen) atoms. The van der Waals surface area contributed by atoms with Gasteiger partial charge in [-0.25, -0.2) is 0 Å². The Balaban J connectivity index is 2.76. The first-order valence-corrected chi connectivity index (χ1v) is 5.88. The van der Waals surface area contributed by atoms with Gasteiger partial charge in [0.15, 0.2) is 0 Å². The number of ether oxygens (including phenoxy) is 1. The molecular formula is C11H20ClN3O. The highest BCUT2D eigenvalue weighted by Gasteiger charge is 2.16. The van der Waals surface area contributed by atoms with Gasteiger partial charge in [0.25, 0.3) is 0 Å². The van der Waals surface area contributed by atoms with Crippen molar-refractivity contribution in [2.75, 3.05) is 20.3 Å². The molecule has 0 aliphatic carbocycles. The Hall–Kier alpha value is -0.580. The van der Waals surface area contributed by atoms with Gasteiger partial charge < -0.3 is 10.1 Å². The van der Waals surface area contributed by atoms with E-state index in [0.29, 0.717) is 6.61 Å². The minimum absolute atomic E-state index is 0.280. The summed E-state index contributed by atoms with van der Waals surface area (Å²) in [5.41, 5.74) is 1.94. The van der Waals surface area contributed by atoms with Crippen molar-refractivity contribution in [1.29, 1.82) is 0 Å². The van der Waals surface area contributed by atoms with Gasteiger partial charge in [-0.15, -0.1) is 0 Å². The molecular weight excluding hydrogens is 226 g/mol. The molecule has 0 saturated carbocycles. The van der Waals surface area contributed by atoms with Crippen molar-refractivity contribution in [2.24, 2.45) is 7.05 Å². The van der Waals surface area contributed by atoms with Crippen LogP contribution in [0.5, 0.6) is 0 Å². The van der Waals surface area contributed by atoms with E-state index in [9.17, 15) is 0 Å². The summed E-state index contributed by atoms with van der Waals surface area (Å²) in [6.07, 6.45) is 0.831. The monoisotopic (exact) mass is 245 g/mol. The van der Waals surface area contributed by atoms with E-state index in [0.717, 1.165) is 29.4 Å². The van der Waals surface area contributed by atoms with Crippen LogP contribution in [0.25, 0.3) is 0 Å². The molecule has 0 aromatic carbocycles. The average molecular weight is 246 g/mol. The lowest BCUT2D eigenvalue weighted by Gasteiger charge is -2.17. The summed E-state index contributed by atoms with van der Waals surface area (Å²) < 4.78 is 7.02. The summed E-state index contributed by atoms with van der Waals surface area (Å²) >= 11 is 6.21. The van der Waals surface area contributed by atoms with Crippen molar-refractivity contribution < 1.29 is 4.74 Å². The Morgan fingerprint density at radius 3 is 2.69 bits per heavy atom. The standard InChI is InChI=1S/C11H20ClN3O/c1-5-13-9(7-16-4)6-10-11(12)8(2)14-15(10)3/h9,13H,5-7H2,1-4H3. The van der Waals surface area contributed by atoms with Crippen LogP contribution >= 0.6 is 11.6 Å². The number of aryl methyl sites for hydroxylation is 2. The van der Waals surface area contributed by atoms with Crippen molar-refractivity contribution in [2.45, 2.75) is 26.3 Å². The van der Waals surface area contributed by atoms with Gasteiger partial charge in [-0.3, -0.25) is 4.68 Å². The van der Waals surface area contributed by atoms with Crippen LogP contribution in [0.4, 0.5) is 0 Å². The van der Waals surface area contributed by atoms with Crippen molar-refractivity contribution >= 4 is 11.6 Å². The maximum atomic E-state index is 6.21. The molecule has 0 fully saturated rings. The average Bonchev–Trinajstić information content (AvgIpc) is 2.46. The van der Waals surface area contributed by atoms with Gasteiger partial charge in [-0.1, -0.05) is 18.5 Å². The molecule has 0 radical (unpaired) electrons. The zero-order valence-electron chi connectivity index (χ0n) is 10.4. The summed E-state index contributed by atoms with van der Waals surface area (Å²) in [6.45, 7) is 5.60. The first-order valence-electron chi connectivity index (χ1n) is 5.50. The lowest BCUT2D eigenvalue weighted by Crippen LogP contribution is -2.35. The van der Waals surface area contributed by atoms with Crippen molar-refractivity contribution in [3.63, 3.8) is 0 Å². The van der Waals surface area contributed by atoms with E-state index in [4.69, 9.17) is 16.3 Å². The smallest absolute Gasteiger partial charge is 0.0847 e. The quantitative estimate of drug-likeness (QED) is 0.827. The lowest BCUT2D eigenvalue weighted by molar-refractivity contribution is 0.166. The molecule has 1 aromatic rings. The summed E-state index contributed by atoms with van der Waals surface area (Å²) in [5, 5.41) is 8.44. The number of hydrogen-bond acceptors (Lipinski definition) is 3. The SMILES string of the molecule is CCNC(COC)Cc1c(Cl)c(C)nn1C. The predicted octanol–water partition coefficient (Wildman–Crippen LogP) is 1.55. The highest BCUT2D eigenvalue weighted by atomic mass is 35.5. The van der Waals surface area contributed by atoms with Gasteiger partial charge in [0.05, 0.1) is 23.0 Å². The fourth-order valence-electron chi connectivity index (χ4n) is 1.82.